The summed E-state index contributed by atoms with van der Waals surface area (Å²) in [5.41, 5.74) is 4.32. The van der Waals surface area contributed by atoms with Crippen molar-refractivity contribution in [2.75, 3.05) is 5.32 Å². The Labute approximate surface area is 172 Å². The number of para-hydroxylation sites is 4. The smallest absolute Gasteiger partial charge is 0.266 e. The summed E-state index contributed by atoms with van der Waals surface area (Å²) in [6.07, 6.45) is 1.62. The van der Waals surface area contributed by atoms with Gasteiger partial charge in [0.1, 0.15) is 6.33 Å². The van der Waals surface area contributed by atoms with E-state index in [0.717, 1.165) is 16.6 Å². The number of amides is 1. The first-order chi connectivity index (χ1) is 14.7. The van der Waals surface area contributed by atoms with Crippen molar-refractivity contribution in [1.82, 2.24) is 19.6 Å². The summed E-state index contributed by atoms with van der Waals surface area (Å²) in [4.78, 5) is 17.3. The fourth-order valence-corrected chi connectivity index (χ4v) is 3.21. The van der Waals surface area contributed by atoms with Gasteiger partial charge in [0.15, 0.2) is 5.75 Å². The van der Waals surface area contributed by atoms with Crippen LogP contribution < -0.4 is 10.1 Å². The number of carbonyl (C=O) groups is 1. The van der Waals surface area contributed by atoms with Gasteiger partial charge in [-0.1, -0.05) is 42.0 Å². The Morgan fingerprint density at radius 1 is 0.967 bits per heavy atom. The van der Waals surface area contributed by atoms with Crippen molar-refractivity contribution >= 4 is 28.3 Å². The molecule has 2 heterocycles. The first-order valence-electron chi connectivity index (χ1n) is 9.42. The molecule has 7 nitrogen and oxygen atoms in total. The highest BCUT2D eigenvalue weighted by atomic mass is 16.5. The fraction of sp³-hybridized carbons (Fsp3) is 0.0435. The monoisotopic (exact) mass is 395 g/mol. The van der Waals surface area contributed by atoms with E-state index in [1.807, 2.05) is 59.9 Å². The average Bonchev–Trinajstić information content (AvgIpc) is 3.26. The number of carbonyl (C=O) groups excluding carboxylic acids is 1. The van der Waals surface area contributed by atoms with E-state index >= 15 is 0 Å². The molecule has 0 fully saturated rings. The Bertz CT molecular complexity index is 1380. The summed E-state index contributed by atoms with van der Waals surface area (Å²) in [7, 11) is 0. The lowest BCUT2D eigenvalue weighted by Gasteiger charge is -2.13. The molecule has 0 saturated heterocycles. The van der Waals surface area contributed by atoms with Gasteiger partial charge in [-0.05, 0) is 43.3 Å². The van der Waals surface area contributed by atoms with Crippen LogP contribution in [0.3, 0.4) is 0 Å². The van der Waals surface area contributed by atoms with Crippen molar-refractivity contribution in [2.45, 2.75) is 6.92 Å². The SMILES string of the molecule is Cc1ccc(C(=O)Nc2ccccc2Oc2nc3ccccc3n3cnnc23)cc1. The van der Waals surface area contributed by atoms with Gasteiger partial charge in [-0.2, -0.15) is 0 Å². The molecule has 1 N–H and O–H groups in total. The summed E-state index contributed by atoms with van der Waals surface area (Å²) >= 11 is 0. The van der Waals surface area contributed by atoms with Gasteiger partial charge in [-0.25, -0.2) is 4.98 Å². The van der Waals surface area contributed by atoms with Gasteiger partial charge in [-0.15, -0.1) is 10.2 Å². The van der Waals surface area contributed by atoms with Crippen LogP contribution in [0.15, 0.2) is 79.1 Å². The van der Waals surface area contributed by atoms with E-state index in [9.17, 15) is 4.79 Å². The Kier molecular flexibility index (Phi) is 4.33. The number of hydrogen-bond acceptors (Lipinski definition) is 5. The summed E-state index contributed by atoms with van der Waals surface area (Å²) in [5, 5.41) is 11.1. The molecule has 2 aromatic heterocycles. The van der Waals surface area contributed by atoms with Crippen molar-refractivity contribution in [1.29, 1.82) is 0 Å². The van der Waals surface area contributed by atoms with Crippen molar-refractivity contribution in [3.63, 3.8) is 0 Å². The lowest BCUT2D eigenvalue weighted by Crippen LogP contribution is -2.12. The lowest BCUT2D eigenvalue weighted by atomic mass is 10.1. The van der Waals surface area contributed by atoms with E-state index in [1.165, 1.54) is 0 Å². The predicted octanol–water partition coefficient (Wildman–Crippen LogP) is 4.63. The van der Waals surface area contributed by atoms with Crippen LogP contribution in [0.25, 0.3) is 16.7 Å². The van der Waals surface area contributed by atoms with Crippen molar-refractivity contribution in [3.05, 3.63) is 90.3 Å². The number of hydrogen-bond donors (Lipinski definition) is 1. The average molecular weight is 395 g/mol. The molecule has 0 atom stereocenters. The Morgan fingerprint density at radius 2 is 1.73 bits per heavy atom. The van der Waals surface area contributed by atoms with Crippen molar-refractivity contribution in [2.24, 2.45) is 0 Å². The zero-order valence-electron chi connectivity index (χ0n) is 16.1. The van der Waals surface area contributed by atoms with Gasteiger partial charge >= 0.3 is 0 Å². The van der Waals surface area contributed by atoms with E-state index < -0.39 is 0 Å². The summed E-state index contributed by atoms with van der Waals surface area (Å²) in [5.74, 6) is 0.555. The predicted molar refractivity (Wildman–Crippen MR) is 114 cm³/mol. The zero-order valence-corrected chi connectivity index (χ0v) is 16.1. The first-order valence-corrected chi connectivity index (χ1v) is 9.42. The highest BCUT2D eigenvalue weighted by Crippen LogP contribution is 2.31. The number of ether oxygens (including phenoxy) is 1. The molecule has 5 rings (SSSR count). The number of benzene rings is 3. The quantitative estimate of drug-likeness (QED) is 0.480. The van der Waals surface area contributed by atoms with Gasteiger partial charge in [0.2, 0.25) is 5.65 Å². The topological polar surface area (TPSA) is 81.4 Å². The number of nitrogens with zero attached hydrogens (tertiary/aromatic N) is 4. The molecule has 0 aliphatic heterocycles. The van der Waals surface area contributed by atoms with Crippen LogP contribution in [0.4, 0.5) is 5.69 Å². The number of nitrogens with one attached hydrogen (secondary N) is 1. The molecular formula is C23H17N5O2. The number of fused-ring (bicyclic) bond motifs is 3. The normalized spacial score (nSPS) is 11.0. The van der Waals surface area contributed by atoms with Gasteiger partial charge in [0, 0.05) is 5.56 Å². The molecule has 0 spiro atoms. The van der Waals surface area contributed by atoms with E-state index in [1.54, 1.807) is 30.6 Å². The molecule has 30 heavy (non-hydrogen) atoms. The second kappa shape index (κ2) is 7.29. The maximum absolute atomic E-state index is 12.7. The number of anilines is 1. The molecule has 5 aromatic rings. The van der Waals surface area contributed by atoms with Crippen LogP contribution in [0, 0.1) is 6.92 Å². The zero-order chi connectivity index (χ0) is 20.5. The molecule has 0 aliphatic carbocycles. The standard InChI is InChI=1S/C23H17N5O2/c1-15-10-12-16(13-11-15)22(29)25-18-7-3-5-9-20(18)30-23-21-27-24-14-28(21)19-8-4-2-6-17(19)26-23/h2-14H,1H3,(H,25,29). The maximum atomic E-state index is 12.7. The molecule has 0 unspecified atom stereocenters. The Hall–Kier alpha value is -4.26. The third kappa shape index (κ3) is 3.22. The van der Waals surface area contributed by atoms with E-state index in [2.05, 4.69) is 20.5 Å². The van der Waals surface area contributed by atoms with Gasteiger partial charge in [0.25, 0.3) is 11.8 Å². The van der Waals surface area contributed by atoms with Gasteiger partial charge in [0.05, 0.1) is 16.7 Å². The minimum absolute atomic E-state index is 0.217. The maximum Gasteiger partial charge on any atom is 0.266 e. The molecule has 0 bridgehead atoms. The summed E-state index contributed by atoms with van der Waals surface area (Å²) in [6, 6.07) is 22.3. The molecule has 0 aliphatic rings. The summed E-state index contributed by atoms with van der Waals surface area (Å²) in [6.45, 7) is 1.98. The van der Waals surface area contributed by atoms with Gasteiger partial charge < -0.3 is 10.1 Å². The molecule has 1 amide bonds. The molecule has 3 aromatic carbocycles. The molecule has 7 heteroatoms. The molecular weight excluding hydrogens is 378 g/mol. The number of aromatic nitrogens is 4. The second-order valence-corrected chi connectivity index (χ2v) is 6.85. The minimum atomic E-state index is -0.217. The second-order valence-electron chi connectivity index (χ2n) is 6.85. The largest absolute Gasteiger partial charge is 0.434 e. The van der Waals surface area contributed by atoms with E-state index in [0.29, 0.717) is 28.5 Å². The lowest BCUT2D eigenvalue weighted by molar-refractivity contribution is 0.102. The van der Waals surface area contributed by atoms with Crippen molar-refractivity contribution < 1.29 is 9.53 Å². The highest BCUT2D eigenvalue weighted by Gasteiger charge is 2.15. The van der Waals surface area contributed by atoms with Crippen LogP contribution in [0.1, 0.15) is 15.9 Å². The van der Waals surface area contributed by atoms with Crippen LogP contribution in [0.5, 0.6) is 11.6 Å². The highest BCUT2D eigenvalue weighted by molar-refractivity contribution is 6.05. The van der Waals surface area contributed by atoms with Crippen LogP contribution in [0.2, 0.25) is 0 Å². The molecule has 0 radical (unpaired) electrons. The molecule has 0 saturated carbocycles. The third-order valence-electron chi connectivity index (χ3n) is 4.76. The van der Waals surface area contributed by atoms with Gasteiger partial charge in [-0.3, -0.25) is 9.20 Å². The molecule has 146 valence electrons. The van der Waals surface area contributed by atoms with E-state index in [-0.39, 0.29) is 5.91 Å². The number of aryl methyl sites for hydroxylation is 1. The summed E-state index contributed by atoms with van der Waals surface area (Å²) < 4.78 is 7.92. The Morgan fingerprint density at radius 3 is 2.60 bits per heavy atom. The first kappa shape index (κ1) is 17.8. The fourth-order valence-electron chi connectivity index (χ4n) is 3.21. The Balaban J connectivity index is 1.51. The van der Waals surface area contributed by atoms with Crippen LogP contribution in [-0.4, -0.2) is 25.5 Å². The third-order valence-corrected chi connectivity index (χ3v) is 4.76. The van der Waals surface area contributed by atoms with E-state index in [4.69, 9.17) is 4.74 Å². The van der Waals surface area contributed by atoms with Crippen molar-refractivity contribution in [3.8, 4) is 11.6 Å². The van der Waals surface area contributed by atoms with Crippen LogP contribution >= 0.6 is 0 Å². The minimum Gasteiger partial charge on any atom is -0.434 e. The number of rotatable bonds is 4. The van der Waals surface area contributed by atoms with Crippen LogP contribution in [-0.2, 0) is 0 Å².